The summed E-state index contributed by atoms with van der Waals surface area (Å²) >= 11 is 13.5. The van der Waals surface area contributed by atoms with Gasteiger partial charge in [-0.2, -0.15) is 5.26 Å². The average molecular weight is 726 g/mol. The average Bonchev–Trinajstić information content (AvgIpc) is 3.13. The molecule has 0 unspecified atom stereocenters. The Kier molecular flexibility index (Phi) is 15.6. The highest BCUT2D eigenvalue weighted by Crippen LogP contribution is 2.38. The van der Waals surface area contributed by atoms with Crippen LogP contribution in [0.5, 0.6) is 17.2 Å². The number of pyridine rings is 1. The van der Waals surface area contributed by atoms with Crippen LogP contribution in [0.3, 0.4) is 0 Å². The molecule has 50 heavy (non-hydrogen) atoms. The van der Waals surface area contributed by atoms with Crippen LogP contribution in [0.1, 0.15) is 34.2 Å². The summed E-state index contributed by atoms with van der Waals surface area (Å²) in [5.41, 5.74) is 5.48. The van der Waals surface area contributed by atoms with Crippen molar-refractivity contribution in [3.8, 4) is 34.4 Å². The largest absolute Gasteiger partial charge is 0.492 e. The van der Waals surface area contributed by atoms with Gasteiger partial charge in [0.2, 0.25) is 0 Å². The standard InChI is InChI=1S/C37H42Cl2N4O7/c1-24-27(5-2-6-31(24)32-7-3-8-34(37(32)39)48-10-4-9-41-18-29(46)20-44)23-50-36-13-35(49-22-26-11-25(14-40)15-42-16-26)28(12-33(36)38)17-43-19-30(47)21-45/h2-3,5-8,11-13,15-16,29-30,41,43-47H,4,9-10,17-23H2,1H3/t29-,30-/m0/s1. The fourth-order valence-electron chi connectivity index (χ4n) is 5.02. The normalized spacial score (nSPS) is 12.3. The zero-order valence-electron chi connectivity index (χ0n) is 27.7. The van der Waals surface area contributed by atoms with E-state index in [9.17, 15) is 15.5 Å². The van der Waals surface area contributed by atoms with Gasteiger partial charge in [-0.25, -0.2) is 0 Å². The first-order valence-electron chi connectivity index (χ1n) is 16.2. The number of hydrogen-bond donors (Lipinski definition) is 6. The van der Waals surface area contributed by atoms with Crippen LogP contribution in [-0.2, 0) is 19.8 Å². The molecule has 4 aromatic rings. The molecule has 1 heterocycles. The molecule has 0 amide bonds. The summed E-state index contributed by atoms with van der Waals surface area (Å²) in [6.07, 6.45) is 2.10. The molecular weight excluding hydrogens is 683 g/mol. The summed E-state index contributed by atoms with van der Waals surface area (Å²) in [5, 5.41) is 53.6. The molecule has 0 aliphatic rings. The van der Waals surface area contributed by atoms with Crippen molar-refractivity contribution in [2.45, 2.75) is 45.3 Å². The van der Waals surface area contributed by atoms with E-state index in [2.05, 4.69) is 21.7 Å². The molecule has 3 aromatic carbocycles. The number of nitrogens with zero attached hydrogens (tertiary/aromatic N) is 2. The van der Waals surface area contributed by atoms with Gasteiger partial charge in [0.05, 0.1) is 47.6 Å². The summed E-state index contributed by atoms with van der Waals surface area (Å²) in [5.74, 6) is 1.46. The first-order valence-corrected chi connectivity index (χ1v) is 16.9. The molecule has 0 saturated heterocycles. The SMILES string of the molecule is Cc1c(COc2cc(OCc3cncc(C#N)c3)c(CNC[C@H](O)CO)cc2Cl)cccc1-c1cccc(OCCCNC[C@H](O)CO)c1Cl. The monoisotopic (exact) mass is 724 g/mol. The zero-order chi connectivity index (χ0) is 35.9. The van der Waals surface area contributed by atoms with E-state index >= 15 is 0 Å². The lowest BCUT2D eigenvalue weighted by atomic mass is 9.96. The minimum atomic E-state index is -0.909. The Morgan fingerprint density at radius 3 is 2.30 bits per heavy atom. The Labute approximate surface area is 302 Å². The minimum absolute atomic E-state index is 0.145. The number of aliphatic hydroxyl groups is 4. The second-order valence-corrected chi connectivity index (χ2v) is 12.4. The lowest BCUT2D eigenvalue weighted by Crippen LogP contribution is -2.30. The lowest BCUT2D eigenvalue weighted by Gasteiger charge is -2.18. The molecule has 6 N–H and O–H groups in total. The fourth-order valence-corrected chi connectivity index (χ4v) is 5.54. The number of benzene rings is 3. The predicted molar refractivity (Wildman–Crippen MR) is 192 cm³/mol. The number of halogens is 2. The smallest absolute Gasteiger partial charge is 0.142 e. The van der Waals surface area contributed by atoms with Crippen molar-refractivity contribution in [3.05, 3.63) is 105 Å². The zero-order valence-corrected chi connectivity index (χ0v) is 29.3. The van der Waals surface area contributed by atoms with E-state index in [1.807, 2.05) is 43.3 Å². The molecule has 13 heteroatoms. The molecular formula is C37H42Cl2N4O7. The molecule has 0 spiro atoms. The van der Waals surface area contributed by atoms with Gasteiger partial charge >= 0.3 is 0 Å². The van der Waals surface area contributed by atoms with Crippen molar-refractivity contribution in [2.24, 2.45) is 0 Å². The van der Waals surface area contributed by atoms with E-state index in [0.29, 0.717) is 76.6 Å². The fraction of sp³-hybridized carbons (Fsp3) is 0.351. The van der Waals surface area contributed by atoms with Crippen LogP contribution in [0, 0.1) is 18.3 Å². The van der Waals surface area contributed by atoms with Crippen molar-refractivity contribution in [2.75, 3.05) is 39.5 Å². The molecule has 266 valence electrons. The maximum atomic E-state index is 9.76. The summed E-state index contributed by atoms with van der Waals surface area (Å²) in [6.45, 7) is 3.53. The Morgan fingerprint density at radius 1 is 0.820 bits per heavy atom. The number of nitrogens with one attached hydrogen (secondary N) is 2. The molecule has 1 aromatic heterocycles. The summed E-state index contributed by atoms with van der Waals surface area (Å²) in [7, 11) is 0. The number of ether oxygens (including phenoxy) is 3. The highest BCUT2D eigenvalue weighted by molar-refractivity contribution is 6.35. The summed E-state index contributed by atoms with van der Waals surface area (Å²) < 4.78 is 18.4. The van der Waals surface area contributed by atoms with Crippen LogP contribution >= 0.6 is 23.2 Å². The van der Waals surface area contributed by atoms with E-state index in [-0.39, 0.29) is 33.0 Å². The summed E-state index contributed by atoms with van der Waals surface area (Å²) in [4.78, 5) is 4.10. The van der Waals surface area contributed by atoms with Crippen LogP contribution < -0.4 is 24.8 Å². The molecule has 4 rings (SSSR count). The van der Waals surface area contributed by atoms with Crippen LogP contribution in [0.2, 0.25) is 10.0 Å². The van der Waals surface area contributed by atoms with Gasteiger partial charge in [0.1, 0.15) is 36.5 Å². The highest BCUT2D eigenvalue weighted by atomic mass is 35.5. The third kappa shape index (κ3) is 11.3. The van der Waals surface area contributed by atoms with Crippen LogP contribution in [0.25, 0.3) is 11.1 Å². The predicted octanol–water partition coefficient (Wildman–Crippen LogP) is 4.55. The van der Waals surface area contributed by atoms with Gasteiger partial charge in [-0.1, -0.05) is 53.5 Å². The van der Waals surface area contributed by atoms with E-state index in [4.69, 9.17) is 47.6 Å². The van der Waals surface area contributed by atoms with Gasteiger partial charge in [0.15, 0.2) is 0 Å². The lowest BCUT2D eigenvalue weighted by molar-refractivity contribution is 0.0941. The molecule has 0 bridgehead atoms. The Morgan fingerprint density at radius 2 is 1.54 bits per heavy atom. The molecule has 11 nitrogen and oxygen atoms in total. The number of hydrogen-bond acceptors (Lipinski definition) is 11. The van der Waals surface area contributed by atoms with Crippen LogP contribution in [-0.4, -0.2) is 77.1 Å². The van der Waals surface area contributed by atoms with Crippen molar-refractivity contribution in [1.29, 1.82) is 5.26 Å². The minimum Gasteiger partial charge on any atom is -0.492 e. The molecule has 0 saturated carbocycles. The maximum absolute atomic E-state index is 9.76. The van der Waals surface area contributed by atoms with Crippen molar-refractivity contribution in [3.63, 3.8) is 0 Å². The first kappa shape index (κ1) is 38.8. The van der Waals surface area contributed by atoms with Gasteiger partial charge in [0, 0.05) is 54.8 Å². The molecule has 0 fully saturated rings. The number of nitriles is 1. The molecule has 0 aliphatic carbocycles. The van der Waals surface area contributed by atoms with Gasteiger partial charge in [-0.3, -0.25) is 4.98 Å². The molecule has 0 radical (unpaired) electrons. The number of aromatic nitrogens is 1. The van der Waals surface area contributed by atoms with Gasteiger partial charge in [-0.05, 0) is 54.8 Å². The van der Waals surface area contributed by atoms with Crippen molar-refractivity contribution >= 4 is 23.2 Å². The molecule has 0 aliphatic heterocycles. The topological polar surface area (TPSA) is 169 Å². The van der Waals surface area contributed by atoms with E-state index < -0.39 is 12.2 Å². The van der Waals surface area contributed by atoms with Crippen LogP contribution in [0.15, 0.2) is 67.0 Å². The Hall–Kier alpha value is -3.96. The third-order valence-corrected chi connectivity index (χ3v) is 8.45. The van der Waals surface area contributed by atoms with E-state index in [0.717, 1.165) is 22.3 Å². The van der Waals surface area contributed by atoms with Gasteiger partial charge in [-0.15, -0.1) is 0 Å². The number of rotatable bonds is 20. The van der Waals surface area contributed by atoms with Gasteiger partial charge < -0.3 is 45.3 Å². The van der Waals surface area contributed by atoms with Crippen LogP contribution in [0.4, 0.5) is 0 Å². The van der Waals surface area contributed by atoms with E-state index in [1.54, 1.807) is 24.4 Å². The van der Waals surface area contributed by atoms with E-state index in [1.165, 1.54) is 6.20 Å². The van der Waals surface area contributed by atoms with Crippen molar-refractivity contribution in [1.82, 2.24) is 15.6 Å². The first-order chi connectivity index (χ1) is 24.2. The highest BCUT2D eigenvalue weighted by Gasteiger charge is 2.16. The second-order valence-electron chi connectivity index (χ2n) is 11.6. The Balaban J connectivity index is 1.48. The quantitative estimate of drug-likeness (QED) is 0.0708. The van der Waals surface area contributed by atoms with Crippen molar-refractivity contribution < 1.29 is 34.6 Å². The number of aliphatic hydroxyl groups excluding tert-OH is 4. The summed E-state index contributed by atoms with van der Waals surface area (Å²) in [6, 6.07) is 18.8. The molecule has 2 atom stereocenters. The maximum Gasteiger partial charge on any atom is 0.142 e. The second kappa shape index (κ2) is 20.0. The third-order valence-electron chi connectivity index (χ3n) is 7.77. The Bertz CT molecular complexity index is 1740. The van der Waals surface area contributed by atoms with Gasteiger partial charge in [0.25, 0.3) is 0 Å².